The Morgan fingerprint density at radius 2 is 1.71 bits per heavy atom. The molecule has 1 aromatic rings. The van der Waals surface area contributed by atoms with Crippen molar-refractivity contribution in [3.8, 4) is 5.75 Å². The largest absolute Gasteiger partial charge is 0.508 e. The van der Waals surface area contributed by atoms with E-state index in [2.05, 4.69) is 5.32 Å². The Hall–Kier alpha value is -0.770. The molecule has 0 radical (unpaired) electrons. The van der Waals surface area contributed by atoms with Gasteiger partial charge in [-0.05, 0) is 31.7 Å². The van der Waals surface area contributed by atoms with E-state index < -0.39 is 6.10 Å². The molecule has 14 heavy (non-hydrogen) atoms. The number of likely N-dealkylation sites (N-methyl/N-ethyl adjacent to an activating group) is 1. The Kier molecular flexibility index (Phi) is 5.53. The maximum Gasteiger partial charge on any atom is 0.115 e. The standard InChI is InChI=1S/C10H15NO2.ClH/c1-7(11-2)10(13)8-3-5-9(12)6-4-8;/h3-7,10-13H,1-2H3;1H/t7-,10+;/m1./s1. The van der Waals surface area contributed by atoms with Gasteiger partial charge in [-0.25, -0.2) is 0 Å². The van der Waals surface area contributed by atoms with Crippen molar-refractivity contribution in [1.82, 2.24) is 5.32 Å². The average Bonchev–Trinajstić information content (AvgIpc) is 2.17. The number of aromatic hydroxyl groups is 1. The van der Waals surface area contributed by atoms with Crippen LogP contribution in [0.15, 0.2) is 24.3 Å². The van der Waals surface area contributed by atoms with Crippen LogP contribution in [-0.4, -0.2) is 23.3 Å². The summed E-state index contributed by atoms with van der Waals surface area (Å²) in [6, 6.07) is 6.58. The van der Waals surface area contributed by atoms with Gasteiger partial charge in [0, 0.05) is 6.04 Å². The molecule has 0 aromatic heterocycles. The fourth-order valence-electron chi connectivity index (χ4n) is 1.12. The molecule has 3 N–H and O–H groups in total. The number of halogens is 1. The smallest absolute Gasteiger partial charge is 0.115 e. The summed E-state index contributed by atoms with van der Waals surface area (Å²) in [4.78, 5) is 0. The van der Waals surface area contributed by atoms with Crippen molar-refractivity contribution in [2.75, 3.05) is 7.05 Å². The first-order valence-electron chi connectivity index (χ1n) is 4.29. The number of benzene rings is 1. The second kappa shape index (κ2) is 5.86. The molecular weight excluding hydrogens is 202 g/mol. The predicted molar refractivity (Wildman–Crippen MR) is 58.8 cm³/mol. The molecule has 0 bridgehead atoms. The summed E-state index contributed by atoms with van der Waals surface area (Å²) in [6.07, 6.45) is -0.536. The van der Waals surface area contributed by atoms with E-state index in [0.717, 1.165) is 5.56 Å². The van der Waals surface area contributed by atoms with Crippen LogP contribution in [-0.2, 0) is 0 Å². The number of phenols is 1. The van der Waals surface area contributed by atoms with E-state index in [1.807, 2.05) is 6.92 Å². The van der Waals surface area contributed by atoms with E-state index >= 15 is 0 Å². The number of aliphatic hydroxyl groups excluding tert-OH is 1. The van der Waals surface area contributed by atoms with Crippen LogP contribution < -0.4 is 5.32 Å². The van der Waals surface area contributed by atoms with Crippen molar-refractivity contribution in [3.63, 3.8) is 0 Å². The van der Waals surface area contributed by atoms with Crippen LogP contribution in [0.25, 0.3) is 0 Å². The molecule has 0 aliphatic rings. The first kappa shape index (κ1) is 13.2. The molecule has 0 heterocycles. The SMILES string of the molecule is CN[C@H](C)[C@H](O)c1ccc(O)cc1.Cl. The van der Waals surface area contributed by atoms with Crippen molar-refractivity contribution in [2.24, 2.45) is 0 Å². The van der Waals surface area contributed by atoms with E-state index in [1.54, 1.807) is 31.3 Å². The van der Waals surface area contributed by atoms with E-state index in [4.69, 9.17) is 5.11 Å². The third-order valence-electron chi connectivity index (χ3n) is 2.16. The Morgan fingerprint density at radius 3 is 2.14 bits per heavy atom. The maximum absolute atomic E-state index is 9.74. The summed E-state index contributed by atoms with van der Waals surface area (Å²) in [7, 11) is 1.80. The van der Waals surface area contributed by atoms with E-state index in [9.17, 15) is 5.11 Å². The molecule has 0 fully saturated rings. The third-order valence-corrected chi connectivity index (χ3v) is 2.16. The van der Waals surface area contributed by atoms with Crippen molar-refractivity contribution in [2.45, 2.75) is 19.1 Å². The van der Waals surface area contributed by atoms with Gasteiger partial charge in [-0.2, -0.15) is 0 Å². The highest BCUT2D eigenvalue weighted by Gasteiger charge is 2.13. The van der Waals surface area contributed by atoms with Crippen LogP contribution in [0.5, 0.6) is 5.75 Å². The maximum atomic E-state index is 9.74. The minimum absolute atomic E-state index is 0. The molecule has 0 unspecified atom stereocenters. The van der Waals surface area contributed by atoms with Gasteiger partial charge in [0.2, 0.25) is 0 Å². The summed E-state index contributed by atoms with van der Waals surface area (Å²) in [6.45, 7) is 1.90. The number of phenolic OH excluding ortho intramolecular Hbond substituents is 1. The number of nitrogens with one attached hydrogen (secondary N) is 1. The lowest BCUT2D eigenvalue weighted by molar-refractivity contribution is 0.140. The third kappa shape index (κ3) is 3.18. The molecule has 2 atom stereocenters. The highest BCUT2D eigenvalue weighted by molar-refractivity contribution is 5.85. The van der Waals surface area contributed by atoms with E-state index in [0.29, 0.717) is 0 Å². The van der Waals surface area contributed by atoms with Crippen LogP contribution in [0.4, 0.5) is 0 Å². The Bertz CT molecular complexity index is 263. The molecule has 0 aliphatic heterocycles. The summed E-state index contributed by atoms with van der Waals surface area (Å²) in [5.74, 6) is 0.216. The van der Waals surface area contributed by atoms with Gasteiger partial charge < -0.3 is 15.5 Å². The summed E-state index contributed by atoms with van der Waals surface area (Å²) < 4.78 is 0. The second-order valence-electron chi connectivity index (χ2n) is 3.11. The highest BCUT2D eigenvalue weighted by Crippen LogP contribution is 2.19. The van der Waals surface area contributed by atoms with Crippen LogP contribution in [0.2, 0.25) is 0 Å². The predicted octanol–water partition coefficient (Wildman–Crippen LogP) is 1.46. The van der Waals surface area contributed by atoms with Crippen molar-refractivity contribution in [1.29, 1.82) is 0 Å². The zero-order valence-electron chi connectivity index (χ0n) is 8.27. The number of hydrogen-bond donors (Lipinski definition) is 3. The van der Waals surface area contributed by atoms with Gasteiger partial charge in [0.1, 0.15) is 5.75 Å². The van der Waals surface area contributed by atoms with Gasteiger partial charge in [0.05, 0.1) is 6.10 Å². The minimum atomic E-state index is -0.536. The fourth-order valence-corrected chi connectivity index (χ4v) is 1.12. The molecule has 1 aromatic carbocycles. The summed E-state index contributed by atoms with van der Waals surface area (Å²) >= 11 is 0. The molecule has 0 spiro atoms. The van der Waals surface area contributed by atoms with Gasteiger partial charge in [0.15, 0.2) is 0 Å². The van der Waals surface area contributed by atoms with Crippen molar-refractivity contribution in [3.05, 3.63) is 29.8 Å². The molecule has 0 saturated heterocycles. The fraction of sp³-hybridized carbons (Fsp3) is 0.400. The molecule has 4 heteroatoms. The lowest BCUT2D eigenvalue weighted by Gasteiger charge is -2.18. The average molecular weight is 218 g/mol. The molecule has 0 amide bonds. The van der Waals surface area contributed by atoms with Crippen molar-refractivity contribution >= 4 is 12.4 Å². The zero-order chi connectivity index (χ0) is 9.84. The monoisotopic (exact) mass is 217 g/mol. The first-order chi connectivity index (χ1) is 6.15. The van der Waals surface area contributed by atoms with Gasteiger partial charge >= 0.3 is 0 Å². The summed E-state index contributed by atoms with van der Waals surface area (Å²) in [5, 5.41) is 21.7. The molecule has 0 aliphatic carbocycles. The molecular formula is C10H16ClNO2. The summed E-state index contributed by atoms with van der Waals surface area (Å²) in [5.41, 5.74) is 0.805. The van der Waals surface area contributed by atoms with Crippen LogP contribution in [0, 0.1) is 0 Å². The molecule has 1 rings (SSSR count). The van der Waals surface area contributed by atoms with E-state index in [1.165, 1.54) is 0 Å². The van der Waals surface area contributed by atoms with Gasteiger partial charge in [0.25, 0.3) is 0 Å². The van der Waals surface area contributed by atoms with Gasteiger partial charge in [-0.15, -0.1) is 12.4 Å². The molecule has 3 nitrogen and oxygen atoms in total. The molecule has 80 valence electrons. The topological polar surface area (TPSA) is 52.5 Å². The van der Waals surface area contributed by atoms with E-state index in [-0.39, 0.29) is 24.2 Å². The number of rotatable bonds is 3. The first-order valence-corrected chi connectivity index (χ1v) is 4.29. The minimum Gasteiger partial charge on any atom is -0.508 e. The lowest BCUT2D eigenvalue weighted by atomic mass is 10.0. The van der Waals surface area contributed by atoms with Crippen molar-refractivity contribution < 1.29 is 10.2 Å². The van der Waals surface area contributed by atoms with Gasteiger partial charge in [-0.3, -0.25) is 0 Å². The van der Waals surface area contributed by atoms with Gasteiger partial charge in [-0.1, -0.05) is 12.1 Å². The lowest BCUT2D eigenvalue weighted by Crippen LogP contribution is -2.28. The normalized spacial score (nSPS) is 14.2. The number of hydrogen-bond acceptors (Lipinski definition) is 3. The van der Waals surface area contributed by atoms with Crippen LogP contribution in [0.1, 0.15) is 18.6 Å². The highest BCUT2D eigenvalue weighted by atomic mass is 35.5. The Morgan fingerprint density at radius 1 is 1.21 bits per heavy atom. The number of aliphatic hydroxyl groups is 1. The zero-order valence-corrected chi connectivity index (χ0v) is 9.08. The van der Waals surface area contributed by atoms with Crippen LogP contribution in [0.3, 0.4) is 0 Å². The Labute approximate surface area is 90.2 Å². The quantitative estimate of drug-likeness (QED) is 0.719. The second-order valence-corrected chi connectivity index (χ2v) is 3.11. The van der Waals surface area contributed by atoms with Crippen LogP contribution >= 0.6 is 12.4 Å². The Balaban J connectivity index is 0.00000169. The molecule has 0 saturated carbocycles.